The fraction of sp³-hybridized carbons (Fsp3) is 0.238. The van der Waals surface area contributed by atoms with E-state index in [0.29, 0.717) is 16.1 Å². The Labute approximate surface area is 187 Å². The van der Waals surface area contributed by atoms with Gasteiger partial charge in [0.15, 0.2) is 0 Å². The lowest BCUT2D eigenvalue weighted by atomic mass is 10.1. The van der Waals surface area contributed by atoms with Crippen LogP contribution in [0, 0.1) is 5.82 Å². The fourth-order valence-electron chi connectivity index (χ4n) is 3.03. The number of carbonyl (C=O) groups is 1. The summed E-state index contributed by atoms with van der Waals surface area (Å²) >= 11 is 6.15. The summed E-state index contributed by atoms with van der Waals surface area (Å²) in [6, 6.07) is 8.65. The van der Waals surface area contributed by atoms with E-state index in [-0.39, 0.29) is 30.4 Å². The molecule has 0 fully saturated rings. The molecule has 168 valence electrons. The number of amides is 1. The number of hydrogen-bond donors (Lipinski definition) is 1. The largest absolute Gasteiger partial charge is 0.476 e. The van der Waals surface area contributed by atoms with Crippen LogP contribution in [-0.4, -0.2) is 34.5 Å². The number of aromatic nitrogens is 3. The Morgan fingerprint density at radius 3 is 2.59 bits per heavy atom. The summed E-state index contributed by atoms with van der Waals surface area (Å²) in [5, 5.41) is 6.78. The van der Waals surface area contributed by atoms with Gasteiger partial charge in [-0.25, -0.2) is 13.8 Å². The van der Waals surface area contributed by atoms with Crippen molar-refractivity contribution in [3.8, 4) is 11.6 Å². The normalized spacial score (nSPS) is 10.8. The maximum atomic E-state index is 14.0. The lowest BCUT2D eigenvalue weighted by molar-refractivity contribution is -0.114. The highest BCUT2D eigenvalue weighted by molar-refractivity contribution is 6.31. The van der Waals surface area contributed by atoms with E-state index >= 15 is 0 Å². The molecule has 9 nitrogen and oxygen atoms in total. The molecule has 11 heteroatoms. The lowest BCUT2D eigenvalue weighted by Crippen LogP contribution is -2.41. The van der Waals surface area contributed by atoms with Crippen molar-refractivity contribution in [2.45, 2.75) is 20.1 Å². The number of ether oxygens (including phenoxy) is 2. The highest BCUT2D eigenvalue weighted by Crippen LogP contribution is 2.20. The predicted molar refractivity (Wildman–Crippen MR) is 116 cm³/mol. The van der Waals surface area contributed by atoms with E-state index in [0.717, 1.165) is 15.3 Å². The third-order valence-corrected chi connectivity index (χ3v) is 4.85. The predicted octanol–water partition coefficient (Wildman–Crippen LogP) is 2.35. The Kier molecular flexibility index (Phi) is 7.06. The summed E-state index contributed by atoms with van der Waals surface area (Å²) < 4.78 is 26.0. The van der Waals surface area contributed by atoms with Gasteiger partial charge in [0.2, 0.25) is 5.91 Å². The molecule has 1 N–H and O–H groups in total. The monoisotopic (exact) mass is 462 g/mol. The van der Waals surface area contributed by atoms with Gasteiger partial charge in [0.25, 0.3) is 5.88 Å². The second kappa shape index (κ2) is 9.75. The number of halogens is 2. The molecular formula is C21H20ClFN4O5. The fourth-order valence-corrected chi connectivity index (χ4v) is 3.21. The smallest absolute Gasteiger partial charge is 0.352 e. The molecule has 2 aromatic carbocycles. The molecule has 3 rings (SSSR count). The first-order valence-electron chi connectivity index (χ1n) is 9.37. The Bertz CT molecular complexity index is 1290. The molecule has 0 saturated heterocycles. The van der Waals surface area contributed by atoms with Crippen LogP contribution in [0.5, 0.6) is 5.88 Å². The molecule has 1 heterocycles. The van der Waals surface area contributed by atoms with Crippen LogP contribution in [-0.2, 0) is 22.7 Å². The van der Waals surface area contributed by atoms with Gasteiger partial charge in [0.05, 0.1) is 31.6 Å². The maximum absolute atomic E-state index is 14.0. The first-order valence-corrected chi connectivity index (χ1v) is 9.75. The van der Waals surface area contributed by atoms with Crippen LogP contribution in [0.1, 0.15) is 18.1 Å². The molecule has 0 unspecified atom stereocenters. The summed E-state index contributed by atoms with van der Waals surface area (Å²) in [4.78, 5) is 37.2. The number of nitrogens with one attached hydrogen (secondary N) is 1. The molecule has 0 radical (unpaired) electrons. The maximum Gasteiger partial charge on any atom is 0.352 e. The number of methoxy groups -OCH3 is 2. The Morgan fingerprint density at radius 1 is 1.19 bits per heavy atom. The zero-order valence-corrected chi connectivity index (χ0v) is 18.3. The van der Waals surface area contributed by atoms with Crippen molar-refractivity contribution in [2.24, 2.45) is 0 Å². The molecule has 32 heavy (non-hydrogen) atoms. The van der Waals surface area contributed by atoms with Crippen LogP contribution in [0.3, 0.4) is 0 Å². The second-order valence-corrected chi connectivity index (χ2v) is 7.21. The van der Waals surface area contributed by atoms with Crippen molar-refractivity contribution in [2.75, 3.05) is 19.5 Å². The van der Waals surface area contributed by atoms with E-state index in [9.17, 15) is 18.8 Å². The molecule has 0 atom stereocenters. The average molecular weight is 463 g/mol. The van der Waals surface area contributed by atoms with Crippen molar-refractivity contribution < 1.29 is 18.7 Å². The highest BCUT2D eigenvalue weighted by atomic mass is 35.5. The Hall–Kier alpha value is -3.50. The second-order valence-electron chi connectivity index (χ2n) is 6.80. The van der Waals surface area contributed by atoms with Crippen LogP contribution in [0.25, 0.3) is 5.69 Å². The van der Waals surface area contributed by atoms with Gasteiger partial charge in [-0.2, -0.15) is 4.68 Å². The summed E-state index contributed by atoms with van der Waals surface area (Å²) in [7, 11) is 2.77. The van der Waals surface area contributed by atoms with E-state index in [2.05, 4.69) is 10.4 Å². The van der Waals surface area contributed by atoms with Crippen molar-refractivity contribution in [1.82, 2.24) is 14.3 Å². The summed E-state index contributed by atoms with van der Waals surface area (Å²) in [6.07, 6.45) is 0. The van der Waals surface area contributed by atoms with Crippen LogP contribution in [0.4, 0.5) is 10.1 Å². The van der Waals surface area contributed by atoms with E-state index in [1.807, 2.05) is 0 Å². The van der Waals surface area contributed by atoms with Gasteiger partial charge in [0.1, 0.15) is 5.82 Å². The Balaban J connectivity index is 2.13. The zero-order valence-electron chi connectivity index (χ0n) is 17.5. The molecule has 3 aromatic rings. The minimum Gasteiger partial charge on any atom is -0.476 e. The van der Waals surface area contributed by atoms with Gasteiger partial charge in [-0.05, 0) is 35.4 Å². The molecule has 0 bridgehead atoms. The van der Waals surface area contributed by atoms with E-state index in [1.165, 1.54) is 33.3 Å². The van der Waals surface area contributed by atoms with Crippen molar-refractivity contribution >= 4 is 23.2 Å². The minimum absolute atomic E-state index is 0.0931. The van der Waals surface area contributed by atoms with E-state index < -0.39 is 23.0 Å². The third-order valence-electron chi connectivity index (χ3n) is 4.48. The molecule has 0 aliphatic heterocycles. The minimum atomic E-state index is -0.778. The van der Waals surface area contributed by atoms with Crippen LogP contribution in [0.15, 0.2) is 46.0 Å². The van der Waals surface area contributed by atoms with Crippen molar-refractivity contribution in [3.63, 3.8) is 0 Å². The number of carbonyl (C=O) groups excluding carboxylic acids is 1. The number of anilines is 1. The SMILES string of the molecule is COCc1cc(Cn2c(=O)c(OC)nn(-c3ccc(F)c(NC(C)=O)c3)c2=O)ccc1Cl. The van der Waals surface area contributed by atoms with E-state index in [4.69, 9.17) is 21.1 Å². The lowest BCUT2D eigenvalue weighted by Gasteiger charge is -2.13. The first-order chi connectivity index (χ1) is 15.2. The zero-order chi connectivity index (χ0) is 23.4. The Morgan fingerprint density at radius 2 is 1.94 bits per heavy atom. The number of nitrogens with zero attached hydrogens (tertiary/aromatic N) is 3. The van der Waals surface area contributed by atoms with Gasteiger partial charge in [-0.1, -0.05) is 23.7 Å². The summed E-state index contributed by atoms with van der Waals surface area (Å²) in [5.74, 6) is -1.51. The third kappa shape index (κ3) is 4.87. The number of rotatable bonds is 7. The van der Waals surface area contributed by atoms with Crippen LogP contribution in [0.2, 0.25) is 5.02 Å². The van der Waals surface area contributed by atoms with Crippen LogP contribution >= 0.6 is 11.6 Å². The molecule has 0 saturated carbocycles. The van der Waals surface area contributed by atoms with Crippen molar-refractivity contribution in [3.05, 3.63) is 79.2 Å². The quantitative estimate of drug-likeness (QED) is 0.578. The highest BCUT2D eigenvalue weighted by Gasteiger charge is 2.17. The molecular weight excluding hydrogens is 443 g/mol. The first kappa shape index (κ1) is 23.2. The topological polar surface area (TPSA) is 104 Å². The van der Waals surface area contributed by atoms with Gasteiger partial charge in [-0.15, -0.1) is 5.10 Å². The molecule has 0 aliphatic rings. The number of benzene rings is 2. The van der Waals surface area contributed by atoms with Gasteiger partial charge in [0, 0.05) is 19.1 Å². The van der Waals surface area contributed by atoms with Gasteiger partial charge in [-0.3, -0.25) is 9.59 Å². The summed E-state index contributed by atoms with van der Waals surface area (Å²) in [6.45, 7) is 1.39. The number of hydrogen-bond acceptors (Lipinski definition) is 6. The molecule has 0 spiro atoms. The van der Waals surface area contributed by atoms with Gasteiger partial charge >= 0.3 is 11.2 Å². The average Bonchev–Trinajstić information content (AvgIpc) is 2.75. The molecule has 1 aromatic heterocycles. The molecule has 0 aliphatic carbocycles. The molecule has 1 amide bonds. The van der Waals surface area contributed by atoms with E-state index in [1.54, 1.807) is 18.2 Å². The summed E-state index contributed by atoms with van der Waals surface area (Å²) in [5.41, 5.74) is -0.204. The van der Waals surface area contributed by atoms with Gasteiger partial charge < -0.3 is 14.8 Å². The standard InChI is InChI=1S/C21H20ClFN4O5/c1-12(28)24-18-9-15(5-7-17(18)23)27-21(30)26(20(29)19(25-27)32-3)10-13-4-6-16(22)14(8-13)11-31-2/h4-9H,10-11H2,1-3H3,(H,24,28). The van der Waals surface area contributed by atoms with Crippen molar-refractivity contribution in [1.29, 1.82) is 0 Å². The van der Waals surface area contributed by atoms with Crippen LogP contribution < -0.4 is 21.3 Å².